The fraction of sp³-hybridized carbons (Fsp3) is 0.391. The lowest BCUT2D eigenvalue weighted by Gasteiger charge is -2.16. The van der Waals surface area contributed by atoms with Gasteiger partial charge in [0.15, 0.2) is 5.96 Å². The molecule has 168 valence electrons. The van der Waals surface area contributed by atoms with E-state index in [9.17, 15) is 4.79 Å². The lowest BCUT2D eigenvalue weighted by atomic mass is 10.2. The molecule has 1 fully saturated rings. The molecule has 1 aliphatic heterocycles. The van der Waals surface area contributed by atoms with Gasteiger partial charge in [-0.2, -0.15) is 0 Å². The van der Waals surface area contributed by atoms with Gasteiger partial charge in [0.25, 0.3) is 0 Å². The van der Waals surface area contributed by atoms with E-state index >= 15 is 0 Å². The normalized spacial score (nSPS) is 13.4. The van der Waals surface area contributed by atoms with Crippen LogP contribution in [0.25, 0.3) is 0 Å². The van der Waals surface area contributed by atoms with E-state index in [0.29, 0.717) is 13.1 Å². The van der Waals surface area contributed by atoms with E-state index in [-0.39, 0.29) is 30.0 Å². The number of nitrogens with zero attached hydrogens (tertiary/aromatic N) is 2. The Balaban J connectivity index is 0.00000341. The zero-order valence-electron chi connectivity index (χ0n) is 18.2. The van der Waals surface area contributed by atoms with Gasteiger partial charge in [-0.1, -0.05) is 24.3 Å². The molecule has 0 bridgehead atoms. The molecule has 0 aliphatic carbocycles. The Morgan fingerprint density at radius 3 is 2.55 bits per heavy atom. The van der Waals surface area contributed by atoms with Gasteiger partial charge >= 0.3 is 6.03 Å². The number of guanidine groups is 1. The Bertz CT molecular complexity index is 869. The third-order valence-electron chi connectivity index (χ3n) is 4.93. The third-order valence-corrected chi connectivity index (χ3v) is 4.93. The Hall–Kier alpha value is -2.49. The standard InChI is InChI=1S/C23H31N5O2.HI/c1-3-24-22(26-17-19-9-7-11-21(15-19)30-2)25-16-18-8-6-10-20(14-18)27-23(29)28-12-4-5-13-28;/h6-11,14-15H,3-5,12-13,16-17H2,1-2H3,(H,27,29)(H2,24,25,26);1H. The molecule has 0 spiro atoms. The zero-order valence-corrected chi connectivity index (χ0v) is 20.5. The lowest BCUT2D eigenvalue weighted by molar-refractivity contribution is 0.222. The first-order valence-corrected chi connectivity index (χ1v) is 10.5. The molecule has 7 nitrogen and oxygen atoms in total. The van der Waals surface area contributed by atoms with Gasteiger partial charge in [0.2, 0.25) is 0 Å². The van der Waals surface area contributed by atoms with E-state index in [0.717, 1.165) is 61.0 Å². The first kappa shape index (κ1) is 24.8. The maximum atomic E-state index is 12.3. The Labute approximate surface area is 201 Å². The number of aliphatic imine (C=N–C) groups is 1. The molecule has 0 unspecified atom stereocenters. The van der Waals surface area contributed by atoms with Crippen LogP contribution >= 0.6 is 24.0 Å². The van der Waals surface area contributed by atoms with Crippen LogP contribution in [0.1, 0.15) is 30.9 Å². The average Bonchev–Trinajstić information content (AvgIpc) is 3.31. The fourth-order valence-electron chi connectivity index (χ4n) is 3.35. The molecule has 0 aromatic heterocycles. The lowest BCUT2D eigenvalue weighted by Crippen LogP contribution is -2.36. The maximum absolute atomic E-state index is 12.3. The number of anilines is 1. The highest BCUT2D eigenvalue weighted by Gasteiger charge is 2.17. The molecule has 3 rings (SSSR count). The van der Waals surface area contributed by atoms with Crippen molar-refractivity contribution in [2.75, 3.05) is 32.1 Å². The van der Waals surface area contributed by atoms with Crippen LogP contribution in [0.4, 0.5) is 10.5 Å². The van der Waals surface area contributed by atoms with E-state index in [1.54, 1.807) is 7.11 Å². The molecular formula is C23H32IN5O2. The van der Waals surface area contributed by atoms with Crippen LogP contribution in [0.5, 0.6) is 5.75 Å². The summed E-state index contributed by atoms with van der Waals surface area (Å²) in [5.74, 6) is 1.58. The summed E-state index contributed by atoms with van der Waals surface area (Å²) in [6.07, 6.45) is 2.16. The molecule has 1 saturated heterocycles. The summed E-state index contributed by atoms with van der Waals surface area (Å²) in [4.78, 5) is 18.8. The minimum absolute atomic E-state index is 0. The number of nitrogens with one attached hydrogen (secondary N) is 3. The van der Waals surface area contributed by atoms with Crippen molar-refractivity contribution in [3.05, 3.63) is 59.7 Å². The number of hydrogen-bond donors (Lipinski definition) is 3. The largest absolute Gasteiger partial charge is 0.497 e. The third kappa shape index (κ3) is 7.93. The summed E-state index contributed by atoms with van der Waals surface area (Å²) >= 11 is 0. The predicted octanol–water partition coefficient (Wildman–Crippen LogP) is 4.20. The summed E-state index contributed by atoms with van der Waals surface area (Å²) < 4.78 is 5.28. The number of hydrogen-bond acceptors (Lipinski definition) is 3. The van der Waals surface area contributed by atoms with Gasteiger partial charge in [-0.25, -0.2) is 9.79 Å². The van der Waals surface area contributed by atoms with Crippen LogP contribution in [0.3, 0.4) is 0 Å². The highest BCUT2D eigenvalue weighted by molar-refractivity contribution is 14.0. The second-order valence-corrected chi connectivity index (χ2v) is 7.22. The summed E-state index contributed by atoms with van der Waals surface area (Å²) in [7, 11) is 1.67. The van der Waals surface area contributed by atoms with Crippen molar-refractivity contribution >= 4 is 41.7 Å². The molecular weight excluding hydrogens is 505 g/mol. The summed E-state index contributed by atoms with van der Waals surface area (Å²) in [6.45, 7) is 5.64. The summed E-state index contributed by atoms with van der Waals surface area (Å²) in [5.41, 5.74) is 2.95. The molecule has 2 amide bonds. The van der Waals surface area contributed by atoms with E-state index in [4.69, 9.17) is 4.74 Å². The summed E-state index contributed by atoms with van der Waals surface area (Å²) in [6, 6.07) is 15.8. The highest BCUT2D eigenvalue weighted by Crippen LogP contribution is 2.15. The Morgan fingerprint density at radius 1 is 1.06 bits per heavy atom. The quantitative estimate of drug-likeness (QED) is 0.281. The van der Waals surface area contributed by atoms with Crippen molar-refractivity contribution in [2.24, 2.45) is 4.99 Å². The first-order chi connectivity index (χ1) is 14.7. The number of rotatable bonds is 7. The number of carbonyl (C=O) groups is 1. The number of amides is 2. The van der Waals surface area contributed by atoms with Gasteiger partial charge in [0.05, 0.1) is 13.7 Å². The number of methoxy groups -OCH3 is 1. The van der Waals surface area contributed by atoms with Crippen molar-refractivity contribution in [3.63, 3.8) is 0 Å². The van der Waals surface area contributed by atoms with E-state index in [1.807, 2.05) is 60.4 Å². The van der Waals surface area contributed by atoms with Gasteiger partial charge in [-0.05, 0) is 55.2 Å². The van der Waals surface area contributed by atoms with Crippen molar-refractivity contribution in [3.8, 4) is 5.75 Å². The van der Waals surface area contributed by atoms with Gasteiger partial charge in [-0.3, -0.25) is 0 Å². The summed E-state index contributed by atoms with van der Waals surface area (Å²) in [5, 5.41) is 9.61. The monoisotopic (exact) mass is 537 g/mol. The minimum Gasteiger partial charge on any atom is -0.497 e. The molecule has 2 aromatic carbocycles. The number of benzene rings is 2. The molecule has 0 atom stereocenters. The minimum atomic E-state index is -0.0264. The van der Waals surface area contributed by atoms with Gasteiger partial charge in [0, 0.05) is 31.9 Å². The first-order valence-electron chi connectivity index (χ1n) is 10.5. The SMILES string of the molecule is CCNC(=NCc1cccc(NC(=O)N2CCCC2)c1)NCc1cccc(OC)c1.I. The fourth-order valence-corrected chi connectivity index (χ4v) is 3.35. The van der Waals surface area contributed by atoms with Crippen molar-refractivity contribution in [1.82, 2.24) is 15.5 Å². The van der Waals surface area contributed by atoms with Gasteiger partial charge < -0.3 is 25.6 Å². The van der Waals surface area contributed by atoms with Crippen LogP contribution in [0, 0.1) is 0 Å². The molecule has 31 heavy (non-hydrogen) atoms. The van der Waals surface area contributed by atoms with Crippen molar-refractivity contribution in [2.45, 2.75) is 32.9 Å². The smallest absolute Gasteiger partial charge is 0.321 e. The molecule has 1 heterocycles. The van der Waals surface area contributed by atoms with E-state index in [1.165, 1.54) is 0 Å². The Morgan fingerprint density at radius 2 is 1.81 bits per heavy atom. The molecule has 8 heteroatoms. The highest BCUT2D eigenvalue weighted by atomic mass is 127. The van der Waals surface area contributed by atoms with Crippen molar-refractivity contribution < 1.29 is 9.53 Å². The second kappa shape index (κ2) is 13.0. The maximum Gasteiger partial charge on any atom is 0.321 e. The van der Waals surface area contributed by atoms with Crippen LogP contribution in [-0.4, -0.2) is 43.6 Å². The number of carbonyl (C=O) groups excluding carboxylic acids is 1. The van der Waals surface area contributed by atoms with Crippen LogP contribution < -0.4 is 20.7 Å². The average molecular weight is 537 g/mol. The second-order valence-electron chi connectivity index (χ2n) is 7.22. The molecule has 2 aromatic rings. The predicted molar refractivity (Wildman–Crippen MR) is 136 cm³/mol. The van der Waals surface area contributed by atoms with Crippen LogP contribution in [0.2, 0.25) is 0 Å². The van der Waals surface area contributed by atoms with Crippen LogP contribution in [-0.2, 0) is 13.1 Å². The number of halogens is 1. The van der Waals surface area contributed by atoms with E-state index in [2.05, 4.69) is 20.9 Å². The zero-order chi connectivity index (χ0) is 21.2. The number of urea groups is 1. The topological polar surface area (TPSA) is 78.0 Å². The number of likely N-dealkylation sites (tertiary alicyclic amines) is 1. The van der Waals surface area contributed by atoms with E-state index < -0.39 is 0 Å². The molecule has 3 N–H and O–H groups in total. The van der Waals surface area contributed by atoms with Crippen molar-refractivity contribution in [1.29, 1.82) is 0 Å². The van der Waals surface area contributed by atoms with Gasteiger partial charge in [-0.15, -0.1) is 24.0 Å². The molecule has 1 aliphatic rings. The number of ether oxygens (including phenoxy) is 1. The molecule has 0 saturated carbocycles. The molecule has 0 radical (unpaired) electrons. The Kier molecular flexibility index (Phi) is 10.4. The van der Waals surface area contributed by atoms with Crippen LogP contribution in [0.15, 0.2) is 53.5 Å². The van der Waals surface area contributed by atoms with Gasteiger partial charge in [0.1, 0.15) is 5.75 Å².